The Morgan fingerprint density at radius 2 is 0.955 bits per heavy atom. The van der Waals surface area contributed by atoms with E-state index in [1.54, 1.807) is 12.1 Å². The molecule has 0 aromatic heterocycles. The Bertz CT molecular complexity index is 2280. The van der Waals surface area contributed by atoms with Crippen molar-refractivity contribution in [3.05, 3.63) is 83.9 Å². The number of carbonyl (C=O) groups excluding carboxylic acids is 6. The molecule has 0 bridgehead atoms. The zero-order valence-corrected chi connectivity index (χ0v) is 40.7. The molecule has 362 valence electrons. The number of hydrogen-bond acceptors (Lipinski definition) is 11. The van der Waals surface area contributed by atoms with Gasteiger partial charge in [0.05, 0.1) is 31.2 Å². The Kier molecular flexibility index (Phi) is 15.3. The molecule has 67 heavy (non-hydrogen) atoms. The lowest BCUT2D eigenvalue weighted by atomic mass is 9.85. The summed E-state index contributed by atoms with van der Waals surface area (Å²) < 4.78 is 34.4. The number of amides is 6. The van der Waals surface area contributed by atoms with Gasteiger partial charge in [0.2, 0.25) is 23.6 Å². The van der Waals surface area contributed by atoms with Crippen molar-refractivity contribution in [3.8, 4) is 0 Å². The third-order valence-electron chi connectivity index (χ3n) is 12.9. The molecule has 4 N–H and O–H groups in total. The summed E-state index contributed by atoms with van der Waals surface area (Å²) in [6.45, 7) is 11.8. The Morgan fingerprint density at radius 1 is 0.582 bits per heavy atom. The minimum absolute atomic E-state index is 0.130. The monoisotopic (exact) mass is 943 g/mol. The highest BCUT2D eigenvalue weighted by molar-refractivity contribution is 7.90. The molecule has 18 heteroatoms. The molecule has 6 atom stereocenters. The smallest absolute Gasteiger partial charge is 0.407 e. The van der Waals surface area contributed by atoms with Crippen molar-refractivity contribution in [2.45, 2.75) is 121 Å². The van der Waals surface area contributed by atoms with Gasteiger partial charge < -0.3 is 45.4 Å². The Balaban J connectivity index is 1.18. The third-order valence-corrected chi connectivity index (χ3v) is 14.0. The lowest BCUT2D eigenvalue weighted by molar-refractivity contribution is -0.140. The summed E-state index contributed by atoms with van der Waals surface area (Å²) in [6, 6.07) is 18.5. The van der Waals surface area contributed by atoms with Crippen molar-refractivity contribution in [3.63, 3.8) is 0 Å². The van der Waals surface area contributed by atoms with E-state index in [9.17, 15) is 37.2 Å². The number of sulfone groups is 1. The second-order valence-electron chi connectivity index (χ2n) is 19.8. The molecule has 3 aliphatic rings. The average Bonchev–Trinajstić information content (AvgIpc) is 4.07. The topological polar surface area (TPSA) is 213 Å². The van der Waals surface area contributed by atoms with Gasteiger partial charge in [-0.3, -0.25) is 19.2 Å². The van der Waals surface area contributed by atoms with Crippen LogP contribution in [0.3, 0.4) is 0 Å². The zero-order valence-electron chi connectivity index (χ0n) is 39.9. The molecule has 0 aliphatic carbocycles. The SMILES string of the molecule is COC(=O)N[C@H](C(=O)N1CCC[C@H]1C(=O)Nc1ccc([C@H]2CC[C@H](c3ccc(NC(=O)[C@@H]4CCCN4C(=O)[C@@H](NC(=O)OC)C(C)(C)C)cc3)N2c2ccc(S(C)(=O)=O)cc2)cc1)C(C)(C)C. The number of methoxy groups -OCH3 is 2. The highest BCUT2D eigenvalue weighted by Crippen LogP contribution is 2.47. The van der Waals surface area contributed by atoms with E-state index < -0.39 is 57.0 Å². The van der Waals surface area contributed by atoms with Gasteiger partial charge >= 0.3 is 12.2 Å². The number of likely N-dealkylation sites (tertiary alicyclic amines) is 2. The maximum atomic E-state index is 13.8. The summed E-state index contributed by atoms with van der Waals surface area (Å²) in [4.78, 5) is 84.8. The molecule has 0 saturated carbocycles. The lowest BCUT2D eigenvalue weighted by Gasteiger charge is -2.35. The molecular formula is C49H65N7O10S. The van der Waals surface area contributed by atoms with Gasteiger partial charge in [-0.1, -0.05) is 65.8 Å². The molecule has 3 aliphatic heterocycles. The van der Waals surface area contributed by atoms with Gasteiger partial charge in [0.1, 0.15) is 24.2 Å². The maximum Gasteiger partial charge on any atom is 0.407 e. The number of nitrogens with one attached hydrogen (secondary N) is 4. The minimum Gasteiger partial charge on any atom is -0.453 e. The highest BCUT2D eigenvalue weighted by atomic mass is 32.2. The van der Waals surface area contributed by atoms with E-state index in [1.807, 2.05) is 102 Å². The summed E-state index contributed by atoms with van der Waals surface area (Å²) in [5, 5.41) is 11.3. The number of benzene rings is 3. The number of anilines is 3. The van der Waals surface area contributed by atoms with Crippen LogP contribution in [0, 0.1) is 10.8 Å². The molecular weight excluding hydrogens is 879 g/mol. The van der Waals surface area contributed by atoms with Crippen LogP contribution in [0.5, 0.6) is 0 Å². The third kappa shape index (κ3) is 11.7. The van der Waals surface area contributed by atoms with Crippen LogP contribution in [-0.2, 0) is 38.5 Å². The Labute approximate surface area is 393 Å². The van der Waals surface area contributed by atoms with Crippen molar-refractivity contribution < 1.29 is 46.7 Å². The predicted octanol–water partition coefficient (Wildman–Crippen LogP) is 6.57. The standard InChI is InChI=1S/C49H65N7O10S/c1-48(2,3)40(52-46(61)65-7)44(59)54-28-10-12-38(54)42(57)50-32-18-14-30(15-19-32)36-26-27-37(56(36)34-22-24-35(25-23-34)67(9,63)64)31-16-20-33(21-17-31)51-43(58)39-13-11-29-55(39)45(60)41(49(4,5)6)53-47(62)66-8/h14-25,36-41H,10-13,26-29H2,1-9H3,(H,50,57)(H,51,58)(H,52,61)(H,53,62)/t36-,37-,38+,39+,40-,41-/m1/s1. The fourth-order valence-electron chi connectivity index (χ4n) is 9.31. The molecule has 3 fully saturated rings. The van der Waals surface area contributed by atoms with Crippen molar-refractivity contribution >= 4 is 62.7 Å². The van der Waals surface area contributed by atoms with E-state index in [1.165, 1.54) is 30.3 Å². The minimum atomic E-state index is -3.44. The predicted molar refractivity (Wildman–Crippen MR) is 254 cm³/mol. The molecule has 17 nitrogen and oxygen atoms in total. The van der Waals surface area contributed by atoms with E-state index in [0.717, 1.165) is 29.7 Å². The molecule has 6 rings (SSSR count). The molecule has 0 radical (unpaired) electrons. The quantitative estimate of drug-likeness (QED) is 0.152. The van der Waals surface area contributed by atoms with Gasteiger partial charge in [-0.2, -0.15) is 0 Å². The van der Waals surface area contributed by atoms with Gasteiger partial charge in [0.15, 0.2) is 9.84 Å². The molecule has 0 unspecified atom stereocenters. The number of ether oxygens (including phenoxy) is 2. The van der Waals surface area contributed by atoms with E-state index >= 15 is 0 Å². The van der Waals surface area contributed by atoms with Crippen LogP contribution in [0.4, 0.5) is 26.7 Å². The molecule has 6 amide bonds. The van der Waals surface area contributed by atoms with Crippen LogP contribution >= 0.6 is 0 Å². The van der Waals surface area contributed by atoms with Crippen LogP contribution in [0.15, 0.2) is 77.7 Å². The van der Waals surface area contributed by atoms with Gasteiger partial charge in [-0.25, -0.2) is 18.0 Å². The fourth-order valence-corrected chi connectivity index (χ4v) is 9.94. The first-order chi connectivity index (χ1) is 31.5. The Hall–Kier alpha value is -6.17. The van der Waals surface area contributed by atoms with Crippen LogP contribution < -0.4 is 26.2 Å². The first-order valence-electron chi connectivity index (χ1n) is 22.7. The number of rotatable bonds is 12. The Morgan fingerprint density at radius 3 is 1.28 bits per heavy atom. The molecule has 3 saturated heterocycles. The van der Waals surface area contributed by atoms with Gasteiger partial charge in [-0.15, -0.1) is 0 Å². The van der Waals surface area contributed by atoms with Crippen LogP contribution in [-0.4, -0.2) is 112 Å². The normalized spacial score (nSPS) is 20.7. The lowest BCUT2D eigenvalue weighted by Crippen LogP contribution is -2.57. The van der Waals surface area contributed by atoms with Crippen molar-refractivity contribution in [1.29, 1.82) is 0 Å². The fraction of sp³-hybridized carbons (Fsp3) is 0.510. The average molecular weight is 944 g/mol. The molecule has 3 aromatic carbocycles. The van der Waals surface area contributed by atoms with Crippen LogP contribution in [0.25, 0.3) is 0 Å². The molecule has 3 aromatic rings. The van der Waals surface area contributed by atoms with Gasteiger partial charge in [-0.05, 0) is 109 Å². The second-order valence-corrected chi connectivity index (χ2v) is 21.8. The van der Waals surface area contributed by atoms with E-state index in [4.69, 9.17) is 9.47 Å². The first kappa shape index (κ1) is 50.2. The van der Waals surface area contributed by atoms with Crippen LogP contribution in [0.2, 0.25) is 0 Å². The molecule has 0 spiro atoms. The number of nitrogens with zero attached hydrogens (tertiary/aromatic N) is 3. The van der Waals surface area contributed by atoms with E-state index in [2.05, 4.69) is 26.2 Å². The summed E-state index contributed by atoms with van der Waals surface area (Å²) >= 11 is 0. The second kappa shape index (κ2) is 20.4. The molecule has 3 heterocycles. The van der Waals surface area contributed by atoms with E-state index in [-0.39, 0.29) is 40.6 Å². The largest absolute Gasteiger partial charge is 0.453 e. The van der Waals surface area contributed by atoms with Gasteiger partial charge in [0, 0.05) is 36.4 Å². The van der Waals surface area contributed by atoms with E-state index in [0.29, 0.717) is 50.1 Å². The maximum absolute atomic E-state index is 13.8. The number of hydrogen-bond donors (Lipinski definition) is 4. The van der Waals surface area contributed by atoms with Crippen molar-refractivity contribution in [2.24, 2.45) is 10.8 Å². The van der Waals surface area contributed by atoms with Crippen molar-refractivity contribution in [2.75, 3.05) is 49.1 Å². The zero-order chi connectivity index (χ0) is 49.0. The first-order valence-corrected chi connectivity index (χ1v) is 24.6. The van der Waals surface area contributed by atoms with Crippen LogP contribution in [0.1, 0.15) is 103 Å². The summed E-state index contributed by atoms with van der Waals surface area (Å²) in [5.41, 5.74) is 2.60. The highest BCUT2D eigenvalue weighted by Gasteiger charge is 2.44. The summed E-state index contributed by atoms with van der Waals surface area (Å²) in [5.74, 6) is -1.35. The number of alkyl carbamates (subject to hydrolysis) is 2. The summed E-state index contributed by atoms with van der Waals surface area (Å²) in [6.07, 6.45) is 3.45. The summed E-state index contributed by atoms with van der Waals surface area (Å²) in [7, 11) is -0.974. The van der Waals surface area contributed by atoms with Crippen molar-refractivity contribution in [1.82, 2.24) is 20.4 Å². The number of carbonyl (C=O) groups is 6. The van der Waals surface area contributed by atoms with Gasteiger partial charge in [0.25, 0.3) is 0 Å².